The van der Waals surface area contributed by atoms with E-state index in [1.54, 1.807) is 30.3 Å². The molecule has 0 saturated carbocycles. The summed E-state index contributed by atoms with van der Waals surface area (Å²) in [5.74, 6) is 0.146. The zero-order chi connectivity index (χ0) is 24.3. The van der Waals surface area contributed by atoms with E-state index in [4.69, 9.17) is 9.47 Å². The monoisotopic (exact) mass is 467 g/mol. The van der Waals surface area contributed by atoms with Gasteiger partial charge in [-0.1, -0.05) is 30.3 Å². The van der Waals surface area contributed by atoms with E-state index in [1.807, 2.05) is 24.3 Å². The van der Waals surface area contributed by atoms with Crippen molar-refractivity contribution in [2.45, 2.75) is 25.7 Å². The number of aliphatic hydroxyl groups excluding tert-OH is 2. The van der Waals surface area contributed by atoms with Crippen LogP contribution in [0.25, 0.3) is 0 Å². The summed E-state index contributed by atoms with van der Waals surface area (Å²) in [6.07, 6.45) is 0.0453. The Bertz CT molecular complexity index is 1070. The molecule has 0 radical (unpaired) electrons. The Labute approximate surface area is 198 Å². The third-order valence-electron chi connectivity index (χ3n) is 5.20. The average Bonchev–Trinajstić information content (AvgIpc) is 2.85. The van der Waals surface area contributed by atoms with Gasteiger partial charge in [-0.15, -0.1) is 0 Å². The Morgan fingerprint density at radius 1 is 0.941 bits per heavy atom. The molecule has 3 aromatic rings. The van der Waals surface area contributed by atoms with Crippen LogP contribution < -0.4 is 14.8 Å². The normalized spacial score (nSPS) is 11.7. The van der Waals surface area contributed by atoms with Crippen LogP contribution in [-0.4, -0.2) is 52.2 Å². The van der Waals surface area contributed by atoms with Crippen molar-refractivity contribution in [3.63, 3.8) is 0 Å². The van der Waals surface area contributed by atoms with Gasteiger partial charge in [0, 0.05) is 17.7 Å². The second-order valence-corrected chi connectivity index (χ2v) is 7.76. The Morgan fingerprint density at radius 3 is 2.41 bits per heavy atom. The first kappa shape index (κ1) is 25.0. The molecule has 0 saturated heterocycles. The number of aliphatic hydroxyl groups is 2. The number of ether oxygens (including phenoxy) is 2. The first-order valence-electron chi connectivity index (χ1n) is 10.9. The largest absolute Gasteiger partial charge is 0.508 e. The molecular formula is C26H29NO7. The summed E-state index contributed by atoms with van der Waals surface area (Å²) in [5.41, 5.74) is 2.31. The van der Waals surface area contributed by atoms with Crippen molar-refractivity contribution in [1.29, 1.82) is 0 Å². The number of hydrogen-bond donors (Lipinski definition) is 5. The van der Waals surface area contributed by atoms with E-state index in [0.29, 0.717) is 35.7 Å². The van der Waals surface area contributed by atoms with Gasteiger partial charge < -0.3 is 35.2 Å². The molecule has 8 nitrogen and oxygen atoms in total. The fourth-order valence-corrected chi connectivity index (χ4v) is 3.30. The third kappa shape index (κ3) is 7.48. The summed E-state index contributed by atoms with van der Waals surface area (Å²) >= 11 is 0. The standard InChI is InChI=1S/C26H29NO7/c28-15-20-13-23(9-10-25(20)30)34-17-21(29)14-27-12-11-18-5-7-22(8-6-18)33-16-19-3-1-2-4-24(19)26(31)32/h1-10,13,21,27-30H,11-12,14-17H2,(H,31,32). The highest BCUT2D eigenvalue weighted by Crippen LogP contribution is 2.23. The summed E-state index contributed by atoms with van der Waals surface area (Å²) in [6, 6.07) is 18.9. The smallest absolute Gasteiger partial charge is 0.336 e. The van der Waals surface area contributed by atoms with Crippen molar-refractivity contribution in [2.24, 2.45) is 0 Å². The van der Waals surface area contributed by atoms with Crippen LogP contribution in [-0.2, 0) is 19.6 Å². The molecule has 0 aliphatic carbocycles. The Morgan fingerprint density at radius 2 is 1.68 bits per heavy atom. The molecule has 1 atom stereocenters. The predicted octanol–water partition coefficient (Wildman–Crippen LogP) is 2.73. The van der Waals surface area contributed by atoms with Gasteiger partial charge in [-0.25, -0.2) is 4.79 Å². The summed E-state index contributed by atoms with van der Waals surface area (Å²) in [6.45, 7) is 0.986. The van der Waals surface area contributed by atoms with Gasteiger partial charge in [-0.2, -0.15) is 0 Å². The van der Waals surface area contributed by atoms with Gasteiger partial charge in [-0.05, 0) is 54.9 Å². The van der Waals surface area contributed by atoms with Crippen LogP contribution in [0.1, 0.15) is 27.0 Å². The van der Waals surface area contributed by atoms with Gasteiger partial charge in [0.25, 0.3) is 0 Å². The van der Waals surface area contributed by atoms with Gasteiger partial charge in [0.15, 0.2) is 0 Å². The lowest BCUT2D eigenvalue weighted by atomic mass is 10.1. The third-order valence-corrected chi connectivity index (χ3v) is 5.20. The molecule has 180 valence electrons. The average molecular weight is 468 g/mol. The van der Waals surface area contributed by atoms with Crippen LogP contribution in [0.15, 0.2) is 66.7 Å². The molecule has 3 aromatic carbocycles. The molecule has 8 heteroatoms. The Hall–Kier alpha value is -3.59. The molecule has 0 spiro atoms. The zero-order valence-corrected chi connectivity index (χ0v) is 18.7. The van der Waals surface area contributed by atoms with E-state index in [0.717, 1.165) is 12.0 Å². The molecule has 0 aliphatic heterocycles. The van der Waals surface area contributed by atoms with Crippen molar-refractivity contribution < 1.29 is 34.7 Å². The number of nitrogens with one attached hydrogen (secondary N) is 1. The van der Waals surface area contributed by atoms with Gasteiger partial charge >= 0.3 is 5.97 Å². The minimum Gasteiger partial charge on any atom is -0.508 e. The fourth-order valence-electron chi connectivity index (χ4n) is 3.30. The lowest BCUT2D eigenvalue weighted by Crippen LogP contribution is -2.32. The van der Waals surface area contributed by atoms with Crippen molar-refractivity contribution in [2.75, 3.05) is 19.7 Å². The molecule has 0 bridgehead atoms. The highest BCUT2D eigenvalue weighted by atomic mass is 16.5. The number of hydrogen-bond acceptors (Lipinski definition) is 7. The molecule has 34 heavy (non-hydrogen) atoms. The molecule has 5 N–H and O–H groups in total. The van der Waals surface area contributed by atoms with Crippen LogP contribution in [0, 0.1) is 0 Å². The van der Waals surface area contributed by atoms with E-state index in [-0.39, 0.29) is 31.1 Å². The molecule has 0 aliphatic rings. The number of aromatic carboxylic acids is 1. The van der Waals surface area contributed by atoms with E-state index in [1.165, 1.54) is 12.1 Å². The maximum Gasteiger partial charge on any atom is 0.336 e. The summed E-state index contributed by atoms with van der Waals surface area (Å²) in [4.78, 5) is 11.3. The van der Waals surface area contributed by atoms with Crippen molar-refractivity contribution >= 4 is 5.97 Å². The van der Waals surface area contributed by atoms with Gasteiger partial charge in [0.2, 0.25) is 0 Å². The Balaban J connectivity index is 1.36. The number of benzene rings is 3. The first-order chi connectivity index (χ1) is 16.5. The van der Waals surface area contributed by atoms with E-state index in [2.05, 4.69) is 5.32 Å². The summed E-state index contributed by atoms with van der Waals surface area (Å²) in [5, 5.41) is 41.3. The lowest BCUT2D eigenvalue weighted by molar-refractivity contribution is 0.0694. The van der Waals surface area contributed by atoms with Crippen molar-refractivity contribution in [3.05, 3.63) is 89.0 Å². The van der Waals surface area contributed by atoms with E-state index in [9.17, 15) is 25.2 Å². The SMILES string of the molecule is O=C(O)c1ccccc1COc1ccc(CCNCC(O)COc2ccc(O)c(CO)c2)cc1. The van der Waals surface area contributed by atoms with E-state index >= 15 is 0 Å². The van der Waals surface area contributed by atoms with Crippen LogP contribution in [0.3, 0.4) is 0 Å². The van der Waals surface area contributed by atoms with Gasteiger partial charge in [-0.3, -0.25) is 0 Å². The minimum atomic E-state index is -0.977. The Kier molecular flexibility index (Phi) is 9.28. The maximum atomic E-state index is 11.3. The molecule has 0 amide bonds. The highest BCUT2D eigenvalue weighted by Gasteiger charge is 2.10. The minimum absolute atomic E-state index is 0.000165. The molecular weight excluding hydrogens is 438 g/mol. The number of carbonyl (C=O) groups is 1. The summed E-state index contributed by atoms with van der Waals surface area (Å²) in [7, 11) is 0. The number of rotatable bonds is 13. The number of aromatic hydroxyl groups is 1. The molecule has 3 rings (SSSR count). The predicted molar refractivity (Wildman–Crippen MR) is 126 cm³/mol. The van der Waals surface area contributed by atoms with Crippen LogP contribution in [0.2, 0.25) is 0 Å². The second kappa shape index (κ2) is 12.6. The quantitative estimate of drug-likeness (QED) is 0.243. The number of phenols is 1. The van der Waals surface area contributed by atoms with Crippen LogP contribution in [0.4, 0.5) is 0 Å². The lowest BCUT2D eigenvalue weighted by Gasteiger charge is -2.14. The van der Waals surface area contributed by atoms with E-state index < -0.39 is 12.1 Å². The number of carboxylic acids is 1. The molecule has 0 fully saturated rings. The molecule has 1 unspecified atom stereocenters. The molecule has 0 aromatic heterocycles. The molecule has 0 heterocycles. The fraction of sp³-hybridized carbons (Fsp3) is 0.269. The van der Waals surface area contributed by atoms with Crippen molar-refractivity contribution in [3.8, 4) is 17.2 Å². The first-order valence-corrected chi connectivity index (χ1v) is 10.9. The van der Waals surface area contributed by atoms with Gasteiger partial charge in [0.1, 0.15) is 36.6 Å². The van der Waals surface area contributed by atoms with Crippen molar-refractivity contribution in [1.82, 2.24) is 5.32 Å². The highest BCUT2D eigenvalue weighted by molar-refractivity contribution is 5.89. The maximum absolute atomic E-state index is 11.3. The van der Waals surface area contributed by atoms with Crippen LogP contribution in [0.5, 0.6) is 17.2 Å². The zero-order valence-electron chi connectivity index (χ0n) is 18.7. The number of carboxylic acid groups (broad SMARTS) is 1. The summed E-state index contributed by atoms with van der Waals surface area (Å²) < 4.78 is 11.2. The second-order valence-electron chi connectivity index (χ2n) is 7.76. The topological polar surface area (TPSA) is 128 Å². The van der Waals surface area contributed by atoms with Gasteiger partial charge in [0.05, 0.1) is 12.2 Å². The van der Waals surface area contributed by atoms with Crippen LogP contribution >= 0.6 is 0 Å².